The molecule has 2 N–H and O–H groups in total. The third-order valence-corrected chi connectivity index (χ3v) is 4.38. The summed E-state index contributed by atoms with van der Waals surface area (Å²) in [5.41, 5.74) is 0.990. The quantitative estimate of drug-likeness (QED) is 0.855. The molecule has 1 atom stereocenters. The number of hydrogen-bond acceptors (Lipinski definition) is 2. The molecule has 0 heterocycles. The normalized spacial score (nSPS) is 20.2. The zero-order valence-corrected chi connectivity index (χ0v) is 11.7. The van der Waals surface area contributed by atoms with Crippen LogP contribution in [0, 0.1) is 11.2 Å². The fraction of sp³-hybridized carbons (Fsp3) is 0.625. The molecule has 1 aliphatic rings. The molecule has 106 valence electrons. The van der Waals surface area contributed by atoms with Gasteiger partial charge in [0.25, 0.3) is 0 Å². The van der Waals surface area contributed by atoms with Crippen LogP contribution >= 0.6 is 0 Å². The zero-order valence-electron chi connectivity index (χ0n) is 11.7. The first-order valence-corrected chi connectivity index (χ1v) is 7.25. The summed E-state index contributed by atoms with van der Waals surface area (Å²) in [5.74, 6) is -0.194. The lowest BCUT2D eigenvalue weighted by atomic mass is 9.74. The molecule has 1 aliphatic carbocycles. The first kappa shape index (κ1) is 14.5. The Morgan fingerprint density at radius 3 is 2.68 bits per heavy atom. The minimum Gasteiger partial charge on any atom is -0.396 e. The summed E-state index contributed by atoms with van der Waals surface area (Å²) < 4.78 is 13.2. The molecule has 1 aromatic carbocycles. The Hall–Kier alpha value is -0.930. The molecule has 0 aromatic heterocycles. The standard InChI is InChI=1S/C16H24FNO/c1-13(14-6-5-7-15(17)10-14)18-11-16(12-19)8-3-2-4-9-16/h5-7,10,13,18-19H,2-4,8-9,11-12H2,1H3/t13-/m1/s1. The van der Waals surface area contributed by atoms with Crippen molar-refractivity contribution in [1.29, 1.82) is 0 Å². The van der Waals surface area contributed by atoms with Crippen molar-refractivity contribution in [2.24, 2.45) is 5.41 Å². The molecule has 1 aromatic rings. The summed E-state index contributed by atoms with van der Waals surface area (Å²) in [7, 11) is 0. The molecule has 0 aliphatic heterocycles. The van der Waals surface area contributed by atoms with Crippen LogP contribution < -0.4 is 5.32 Å². The fourth-order valence-corrected chi connectivity index (χ4v) is 2.96. The Morgan fingerprint density at radius 2 is 2.05 bits per heavy atom. The van der Waals surface area contributed by atoms with E-state index >= 15 is 0 Å². The van der Waals surface area contributed by atoms with E-state index in [-0.39, 0.29) is 23.9 Å². The minimum absolute atomic E-state index is 0.0276. The number of hydrogen-bond donors (Lipinski definition) is 2. The summed E-state index contributed by atoms with van der Waals surface area (Å²) in [6, 6.07) is 6.83. The predicted octanol–water partition coefficient (Wildman–Crippen LogP) is 3.42. The average Bonchev–Trinajstić information content (AvgIpc) is 2.46. The summed E-state index contributed by atoms with van der Waals surface area (Å²) in [4.78, 5) is 0. The first-order chi connectivity index (χ1) is 9.15. The van der Waals surface area contributed by atoms with E-state index in [0.717, 1.165) is 24.9 Å². The van der Waals surface area contributed by atoms with Crippen molar-refractivity contribution >= 4 is 0 Å². The van der Waals surface area contributed by atoms with Gasteiger partial charge in [-0.1, -0.05) is 31.4 Å². The summed E-state index contributed by atoms with van der Waals surface area (Å²) in [6.45, 7) is 3.10. The molecule has 0 bridgehead atoms. The van der Waals surface area contributed by atoms with Crippen molar-refractivity contribution < 1.29 is 9.50 Å². The molecule has 3 heteroatoms. The Bertz CT molecular complexity index is 401. The van der Waals surface area contributed by atoms with Crippen LogP contribution in [-0.4, -0.2) is 18.3 Å². The lowest BCUT2D eigenvalue weighted by Gasteiger charge is -2.36. The van der Waals surface area contributed by atoms with Crippen LogP contribution in [0.4, 0.5) is 4.39 Å². The van der Waals surface area contributed by atoms with Crippen LogP contribution in [0.25, 0.3) is 0 Å². The number of rotatable bonds is 5. The Labute approximate surface area is 115 Å². The van der Waals surface area contributed by atoms with E-state index in [2.05, 4.69) is 5.32 Å². The van der Waals surface area contributed by atoms with Gasteiger partial charge >= 0.3 is 0 Å². The monoisotopic (exact) mass is 265 g/mol. The number of benzene rings is 1. The lowest BCUT2D eigenvalue weighted by molar-refractivity contribution is 0.0788. The number of nitrogens with one attached hydrogen (secondary N) is 1. The van der Waals surface area contributed by atoms with Crippen molar-refractivity contribution in [2.75, 3.05) is 13.2 Å². The highest BCUT2D eigenvalue weighted by Gasteiger charge is 2.31. The number of aliphatic hydroxyl groups excluding tert-OH is 1. The molecule has 19 heavy (non-hydrogen) atoms. The molecular formula is C16H24FNO. The van der Waals surface area contributed by atoms with Gasteiger partial charge in [-0.15, -0.1) is 0 Å². The molecule has 2 nitrogen and oxygen atoms in total. The minimum atomic E-state index is -0.194. The third-order valence-electron chi connectivity index (χ3n) is 4.38. The van der Waals surface area contributed by atoms with Gasteiger partial charge in [0.1, 0.15) is 5.82 Å². The second kappa shape index (κ2) is 6.49. The Balaban J connectivity index is 1.93. The molecule has 0 radical (unpaired) electrons. The van der Waals surface area contributed by atoms with Crippen LogP contribution in [0.5, 0.6) is 0 Å². The van der Waals surface area contributed by atoms with Crippen LogP contribution in [0.15, 0.2) is 24.3 Å². The van der Waals surface area contributed by atoms with Crippen LogP contribution in [0.1, 0.15) is 50.6 Å². The van der Waals surface area contributed by atoms with Gasteiger partial charge in [-0.3, -0.25) is 0 Å². The lowest BCUT2D eigenvalue weighted by Crippen LogP contribution is -2.40. The predicted molar refractivity (Wildman–Crippen MR) is 75.4 cm³/mol. The molecule has 0 amide bonds. The average molecular weight is 265 g/mol. The highest BCUT2D eigenvalue weighted by Crippen LogP contribution is 2.35. The van der Waals surface area contributed by atoms with Crippen molar-refractivity contribution in [3.05, 3.63) is 35.6 Å². The van der Waals surface area contributed by atoms with E-state index in [1.54, 1.807) is 12.1 Å². The van der Waals surface area contributed by atoms with Gasteiger partial charge in [-0.25, -0.2) is 4.39 Å². The number of halogens is 1. The van der Waals surface area contributed by atoms with Crippen LogP contribution in [0.3, 0.4) is 0 Å². The van der Waals surface area contributed by atoms with Crippen molar-refractivity contribution in [2.45, 2.75) is 45.1 Å². The van der Waals surface area contributed by atoms with Gasteiger partial charge < -0.3 is 10.4 Å². The second-order valence-electron chi connectivity index (χ2n) is 5.88. The summed E-state index contributed by atoms with van der Waals surface area (Å²) in [6.07, 6.45) is 5.87. The SMILES string of the molecule is C[C@@H](NCC1(CO)CCCCC1)c1cccc(F)c1. The van der Waals surface area contributed by atoms with E-state index in [1.807, 2.05) is 13.0 Å². The van der Waals surface area contributed by atoms with E-state index < -0.39 is 0 Å². The highest BCUT2D eigenvalue weighted by molar-refractivity contribution is 5.19. The van der Waals surface area contributed by atoms with Gasteiger partial charge in [-0.05, 0) is 37.5 Å². The summed E-state index contributed by atoms with van der Waals surface area (Å²) in [5, 5.41) is 13.1. The molecule has 1 saturated carbocycles. The second-order valence-corrected chi connectivity index (χ2v) is 5.88. The first-order valence-electron chi connectivity index (χ1n) is 7.25. The van der Waals surface area contributed by atoms with Gasteiger partial charge in [0.2, 0.25) is 0 Å². The summed E-state index contributed by atoms with van der Waals surface area (Å²) >= 11 is 0. The van der Waals surface area contributed by atoms with Crippen molar-refractivity contribution in [3.8, 4) is 0 Å². The Morgan fingerprint density at radius 1 is 1.32 bits per heavy atom. The maximum atomic E-state index is 13.2. The molecule has 0 saturated heterocycles. The fourth-order valence-electron chi connectivity index (χ4n) is 2.96. The topological polar surface area (TPSA) is 32.3 Å². The smallest absolute Gasteiger partial charge is 0.123 e. The molecule has 1 fully saturated rings. The molecule has 2 rings (SSSR count). The van der Waals surface area contributed by atoms with Crippen LogP contribution in [0.2, 0.25) is 0 Å². The zero-order chi connectivity index (χ0) is 13.7. The molecule has 0 spiro atoms. The Kier molecular flexibility index (Phi) is 4.94. The van der Waals surface area contributed by atoms with Crippen molar-refractivity contribution in [3.63, 3.8) is 0 Å². The maximum Gasteiger partial charge on any atom is 0.123 e. The molecule has 0 unspecified atom stereocenters. The molecular weight excluding hydrogens is 241 g/mol. The maximum absolute atomic E-state index is 13.2. The van der Waals surface area contributed by atoms with E-state index in [9.17, 15) is 9.50 Å². The highest BCUT2D eigenvalue weighted by atomic mass is 19.1. The largest absolute Gasteiger partial charge is 0.396 e. The van der Waals surface area contributed by atoms with Gasteiger partial charge in [0.15, 0.2) is 0 Å². The van der Waals surface area contributed by atoms with Crippen molar-refractivity contribution in [1.82, 2.24) is 5.32 Å². The van der Waals surface area contributed by atoms with E-state index in [1.165, 1.54) is 25.3 Å². The number of aliphatic hydroxyl groups is 1. The van der Waals surface area contributed by atoms with Gasteiger partial charge in [0, 0.05) is 24.6 Å². The van der Waals surface area contributed by atoms with E-state index in [4.69, 9.17) is 0 Å². The van der Waals surface area contributed by atoms with Crippen LogP contribution in [-0.2, 0) is 0 Å². The van der Waals surface area contributed by atoms with E-state index in [0.29, 0.717) is 0 Å². The van der Waals surface area contributed by atoms with Gasteiger partial charge in [-0.2, -0.15) is 0 Å². The third kappa shape index (κ3) is 3.77. The van der Waals surface area contributed by atoms with Gasteiger partial charge in [0.05, 0.1) is 0 Å².